The van der Waals surface area contributed by atoms with E-state index in [4.69, 9.17) is 0 Å². The molecule has 0 amide bonds. The van der Waals surface area contributed by atoms with E-state index in [2.05, 4.69) is 9.55 Å². The lowest BCUT2D eigenvalue weighted by Crippen LogP contribution is -2.26. The monoisotopic (exact) mass is 234 g/mol. The van der Waals surface area contributed by atoms with Crippen molar-refractivity contribution in [1.29, 1.82) is 0 Å². The van der Waals surface area contributed by atoms with Crippen LogP contribution in [0.5, 0.6) is 0 Å². The van der Waals surface area contributed by atoms with Gasteiger partial charge in [0.2, 0.25) is 0 Å². The second-order valence-electron chi connectivity index (χ2n) is 5.96. The first kappa shape index (κ1) is 10.8. The standard InChI is InChI=1S/C13H18N2O2/c1-12(2)8-13(12,11(16)17)9-7-15-6-4-3-5-10(15)14-9/h7H,3-6,8H2,1-2H3,(H,16,17). The van der Waals surface area contributed by atoms with Crippen LogP contribution in [-0.2, 0) is 23.2 Å². The minimum Gasteiger partial charge on any atom is -0.481 e. The van der Waals surface area contributed by atoms with Crippen LogP contribution in [0.4, 0.5) is 0 Å². The molecule has 1 aromatic heterocycles. The van der Waals surface area contributed by atoms with Crippen LogP contribution in [0.25, 0.3) is 0 Å². The van der Waals surface area contributed by atoms with Gasteiger partial charge in [-0.15, -0.1) is 0 Å². The Morgan fingerprint density at radius 1 is 1.47 bits per heavy atom. The van der Waals surface area contributed by atoms with Crippen molar-refractivity contribution in [3.05, 3.63) is 17.7 Å². The van der Waals surface area contributed by atoms with E-state index in [1.807, 2.05) is 20.0 Å². The topological polar surface area (TPSA) is 55.1 Å². The molecule has 1 fully saturated rings. The summed E-state index contributed by atoms with van der Waals surface area (Å²) < 4.78 is 2.14. The van der Waals surface area contributed by atoms with Gasteiger partial charge in [0.15, 0.2) is 0 Å². The first-order valence-corrected chi connectivity index (χ1v) is 6.27. The van der Waals surface area contributed by atoms with Gasteiger partial charge in [0.1, 0.15) is 11.2 Å². The number of nitrogens with zero attached hydrogens (tertiary/aromatic N) is 2. The van der Waals surface area contributed by atoms with Crippen LogP contribution in [0.1, 0.15) is 44.6 Å². The van der Waals surface area contributed by atoms with Gasteiger partial charge in [-0.25, -0.2) is 4.98 Å². The number of aromatic nitrogens is 2. The first-order chi connectivity index (χ1) is 7.97. The highest BCUT2D eigenvalue weighted by atomic mass is 16.4. The van der Waals surface area contributed by atoms with Gasteiger partial charge in [0.05, 0.1) is 5.69 Å². The Morgan fingerprint density at radius 2 is 2.18 bits per heavy atom. The third kappa shape index (κ3) is 1.30. The number of carboxylic acids is 1. The van der Waals surface area contributed by atoms with Crippen molar-refractivity contribution in [2.75, 3.05) is 0 Å². The Labute approximate surface area is 101 Å². The molecule has 0 bridgehead atoms. The van der Waals surface area contributed by atoms with Crippen molar-refractivity contribution in [2.24, 2.45) is 5.41 Å². The van der Waals surface area contributed by atoms with Crippen molar-refractivity contribution in [3.8, 4) is 0 Å². The number of hydrogen-bond donors (Lipinski definition) is 1. The normalized spacial score (nSPS) is 29.8. The largest absolute Gasteiger partial charge is 0.481 e. The lowest BCUT2D eigenvalue weighted by Gasteiger charge is -2.12. The Balaban J connectivity index is 2.04. The van der Waals surface area contributed by atoms with Gasteiger partial charge in [0.25, 0.3) is 0 Å². The molecule has 1 aliphatic heterocycles. The maximum absolute atomic E-state index is 11.6. The van der Waals surface area contributed by atoms with Gasteiger partial charge >= 0.3 is 5.97 Å². The quantitative estimate of drug-likeness (QED) is 0.851. The Hall–Kier alpha value is -1.32. The zero-order chi connectivity index (χ0) is 12.3. The Morgan fingerprint density at radius 3 is 2.71 bits per heavy atom. The van der Waals surface area contributed by atoms with E-state index in [0.717, 1.165) is 24.5 Å². The van der Waals surface area contributed by atoms with Crippen molar-refractivity contribution in [2.45, 2.75) is 51.5 Å². The van der Waals surface area contributed by atoms with Gasteiger partial charge in [-0.05, 0) is 24.7 Å². The number of rotatable bonds is 2. The third-order valence-electron chi connectivity index (χ3n) is 4.45. The molecule has 2 aliphatic rings. The number of hydrogen-bond acceptors (Lipinski definition) is 2. The maximum Gasteiger partial charge on any atom is 0.316 e. The molecule has 4 nitrogen and oxygen atoms in total. The fourth-order valence-corrected chi connectivity index (χ4v) is 3.15. The molecular weight excluding hydrogens is 216 g/mol. The summed E-state index contributed by atoms with van der Waals surface area (Å²) in [6.07, 6.45) is 5.99. The van der Waals surface area contributed by atoms with Crippen LogP contribution in [0.15, 0.2) is 6.20 Å². The summed E-state index contributed by atoms with van der Waals surface area (Å²) in [5.41, 5.74) is -0.132. The summed E-state index contributed by atoms with van der Waals surface area (Å²) >= 11 is 0. The molecule has 0 radical (unpaired) electrons. The van der Waals surface area contributed by atoms with Crippen LogP contribution >= 0.6 is 0 Å². The summed E-state index contributed by atoms with van der Waals surface area (Å²) in [4.78, 5) is 16.1. The molecule has 4 heteroatoms. The molecule has 17 heavy (non-hydrogen) atoms. The van der Waals surface area contributed by atoms with E-state index in [9.17, 15) is 9.90 Å². The van der Waals surface area contributed by atoms with Crippen LogP contribution < -0.4 is 0 Å². The van der Waals surface area contributed by atoms with Crippen molar-refractivity contribution >= 4 is 5.97 Å². The highest BCUT2D eigenvalue weighted by molar-refractivity contribution is 5.86. The predicted octanol–water partition coefficient (Wildman–Crippen LogP) is 1.97. The number of aliphatic carboxylic acids is 1. The molecule has 1 atom stereocenters. The van der Waals surface area contributed by atoms with Gasteiger partial charge in [0, 0.05) is 19.2 Å². The summed E-state index contributed by atoms with van der Waals surface area (Å²) in [5.74, 6) is 0.340. The molecule has 1 N–H and O–H groups in total. The molecule has 92 valence electrons. The lowest BCUT2D eigenvalue weighted by molar-refractivity contribution is -0.141. The maximum atomic E-state index is 11.6. The zero-order valence-corrected chi connectivity index (χ0v) is 10.4. The number of aryl methyl sites for hydroxylation is 2. The van der Waals surface area contributed by atoms with Gasteiger partial charge in [-0.3, -0.25) is 4.79 Å². The Kier molecular flexibility index (Phi) is 1.98. The molecule has 1 aliphatic carbocycles. The molecule has 2 heterocycles. The average molecular weight is 234 g/mol. The van der Waals surface area contributed by atoms with Crippen LogP contribution in [-0.4, -0.2) is 20.6 Å². The second kappa shape index (κ2) is 3.12. The SMILES string of the molecule is CC1(C)CC1(C(=O)O)c1cn2c(n1)CCCC2. The molecule has 3 rings (SSSR count). The molecular formula is C13H18N2O2. The molecule has 1 unspecified atom stereocenters. The third-order valence-corrected chi connectivity index (χ3v) is 4.45. The number of carboxylic acid groups (broad SMARTS) is 1. The number of fused-ring (bicyclic) bond motifs is 1. The van der Waals surface area contributed by atoms with Gasteiger partial charge < -0.3 is 9.67 Å². The van der Waals surface area contributed by atoms with Crippen molar-refractivity contribution in [3.63, 3.8) is 0 Å². The summed E-state index contributed by atoms with van der Waals surface area (Å²) in [6.45, 7) is 5.01. The van der Waals surface area contributed by atoms with E-state index < -0.39 is 11.4 Å². The van der Waals surface area contributed by atoms with E-state index >= 15 is 0 Å². The summed E-state index contributed by atoms with van der Waals surface area (Å²) in [6, 6.07) is 0. The number of imidazole rings is 1. The van der Waals surface area contributed by atoms with Crippen LogP contribution in [0.3, 0.4) is 0 Å². The van der Waals surface area contributed by atoms with Crippen LogP contribution in [0, 0.1) is 5.41 Å². The zero-order valence-electron chi connectivity index (χ0n) is 10.4. The van der Waals surface area contributed by atoms with Crippen LogP contribution in [0.2, 0.25) is 0 Å². The summed E-state index contributed by atoms with van der Waals surface area (Å²) in [5, 5.41) is 9.50. The second-order valence-corrected chi connectivity index (χ2v) is 5.96. The molecule has 0 saturated heterocycles. The predicted molar refractivity (Wildman–Crippen MR) is 62.9 cm³/mol. The molecule has 1 saturated carbocycles. The molecule has 0 aromatic carbocycles. The smallest absolute Gasteiger partial charge is 0.316 e. The Bertz CT molecular complexity index is 466. The van der Waals surface area contributed by atoms with Gasteiger partial charge in [-0.1, -0.05) is 13.8 Å². The summed E-state index contributed by atoms with van der Waals surface area (Å²) in [7, 11) is 0. The fraction of sp³-hybridized carbons (Fsp3) is 0.692. The van der Waals surface area contributed by atoms with Gasteiger partial charge in [-0.2, -0.15) is 0 Å². The highest BCUT2D eigenvalue weighted by Crippen LogP contribution is 2.64. The molecule has 1 aromatic rings. The fourth-order valence-electron chi connectivity index (χ4n) is 3.15. The first-order valence-electron chi connectivity index (χ1n) is 6.27. The van der Waals surface area contributed by atoms with Crippen molar-refractivity contribution < 1.29 is 9.90 Å². The van der Waals surface area contributed by atoms with E-state index in [1.165, 1.54) is 12.8 Å². The minimum absolute atomic E-state index is 0.163. The average Bonchev–Trinajstić information content (AvgIpc) is 2.69. The number of carbonyl (C=O) groups is 1. The van der Waals surface area contributed by atoms with E-state index in [-0.39, 0.29) is 5.41 Å². The molecule has 0 spiro atoms. The van der Waals surface area contributed by atoms with Crippen molar-refractivity contribution in [1.82, 2.24) is 9.55 Å². The highest BCUT2D eigenvalue weighted by Gasteiger charge is 2.69. The minimum atomic E-state index is -0.739. The van der Waals surface area contributed by atoms with E-state index in [1.54, 1.807) is 0 Å². The van der Waals surface area contributed by atoms with E-state index in [0.29, 0.717) is 6.42 Å². The lowest BCUT2D eigenvalue weighted by atomic mass is 9.93.